The van der Waals surface area contributed by atoms with E-state index in [4.69, 9.17) is 4.74 Å². The first-order valence-electron chi connectivity index (χ1n) is 8.24. The van der Waals surface area contributed by atoms with Crippen molar-refractivity contribution in [3.8, 4) is 0 Å². The monoisotopic (exact) mass is 450 g/mol. The summed E-state index contributed by atoms with van der Waals surface area (Å²) in [6, 6.07) is 2.78. The van der Waals surface area contributed by atoms with E-state index in [1.165, 1.54) is 24.9 Å². The van der Waals surface area contributed by atoms with Crippen molar-refractivity contribution in [1.82, 2.24) is 15.5 Å². The van der Waals surface area contributed by atoms with Gasteiger partial charge in [0.2, 0.25) is 0 Å². The van der Waals surface area contributed by atoms with E-state index in [0.717, 1.165) is 38.7 Å². The first-order chi connectivity index (χ1) is 10.8. The van der Waals surface area contributed by atoms with Crippen LogP contribution in [0.5, 0.6) is 0 Å². The molecule has 0 spiro atoms. The van der Waals surface area contributed by atoms with E-state index in [1.54, 1.807) is 11.3 Å². The summed E-state index contributed by atoms with van der Waals surface area (Å²) >= 11 is 1.71. The molecule has 2 aliphatic rings. The minimum absolute atomic E-state index is 0. The van der Waals surface area contributed by atoms with Crippen LogP contribution in [0.25, 0.3) is 0 Å². The van der Waals surface area contributed by atoms with Crippen molar-refractivity contribution >= 4 is 41.3 Å². The molecule has 23 heavy (non-hydrogen) atoms. The van der Waals surface area contributed by atoms with Gasteiger partial charge in [0.25, 0.3) is 0 Å². The van der Waals surface area contributed by atoms with E-state index >= 15 is 0 Å². The minimum Gasteiger partial charge on any atom is -0.373 e. The predicted octanol–water partition coefficient (Wildman–Crippen LogP) is 2.28. The molecule has 3 heterocycles. The molecule has 0 aliphatic carbocycles. The number of halogens is 1. The maximum atomic E-state index is 5.99. The molecule has 7 heteroatoms. The van der Waals surface area contributed by atoms with Gasteiger partial charge in [0.15, 0.2) is 5.96 Å². The van der Waals surface area contributed by atoms with Crippen LogP contribution in [-0.4, -0.2) is 55.8 Å². The highest BCUT2D eigenvalue weighted by Gasteiger charge is 2.32. The van der Waals surface area contributed by atoms with E-state index in [-0.39, 0.29) is 30.1 Å². The summed E-state index contributed by atoms with van der Waals surface area (Å²) in [5, 5.41) is 11.0. The van der Waals surface area contributed by atoms with Crippen LogP contribution in [0.2, 0.25) is 0 Å². The molecule has 0 radical (unpaired) electrons. The molecular weight excluding hydrogens is 423 g/mol. The lowest BCUT2D eigenvalue weighted by atomic mass is 10.2. The zero-order valence-electron chi connectivity index (χ0n) is 13.7. The van der Waals surface area contributed by atoms with Crippen LogP contribution in [0.1, 0.15) is 25.3 Å². The van der Waals surface area contributed by atoms with Crippen molar-refractivity contribution in [2.75, 3.05) is 32.8 Å². The number of ether oxygens (including phenoxy) is 1. The van der Waals surface area contributed by atoms with Crippen LogP contribution in [-0.2, 0) is 11.3 Å². The molecule has 2 N–H and O–H groups in total. The molecule has 2 fully saturated rings. The van der Waals surface area contributed by atoms with Crippen molar-refractivity contribution in [3.63, 3.8) is 0 Å². The van der Waals surface area contributed by atoms with Gasteiger partial charge in [-0.1, -0.05) is 0 Å². The molecule has 3 rings (SSSR count). The Labute approximate surface area is 159 Å². The van der Waals surface area contributed by atoms with E-state index < -0.39 is 0 Å². The minimum atomic E-state index is 0. The maximum Gasteiger partial charge on any atom is 0.191 e. The Kier molecular flexibility index (Phi) is 8.08. The number of hydrogen-bond acceptors (Lipinski definition) is 4. The molecule has 1 aromatic heterocycles. The first kappa shape index (κ1) is 19.0. The van der Waals surface area contributed by atoms with Gasteiger partial charge < -0.3 is 15.4 Å². The van der Waals surface area contributed by atoms with Crippen molar-refractivity contribution in [2.24, 2.45) is 4.99 Å². The third kappa shape index (κ3) is 5.58. The number of fused-ring (bicyclic) bond motifs is 1. The summed E-state index contributed by atoms with van der Waals surface area (Å²) in [5.41, 5.74) is 1.26. The normalized spacial score (nSPS) is 24.8. The van der Waals surface area contributed by atoms with Crippen LogP contribution in [0.15, 0.2) is 21.8 Å². The Bertz CT molecular complexity index is 482. The molecular formula is C16H27IN4OS. The summed E-state index contributed by atoms with van der Waals surface area (Å²) in [6.45, 7) is 7.66. The average molecular weight is 450 g/mol. The van der Waals surface area contributed by atoms with E-state index in [1.807, 2.05) is 0 Å². The molecule has 0 bridgehead atoms. The van der Waals surface area contributed by atoms with Gasteiger partial charge in [-0.15, -0.1) is 24.0 Å². The number of guanidine groups is 1. The third-order valence-electron chi connectivity index (χ3n) is 4.30. The maximum absolute atomic E-state index is 5.99. The van der Waals surface area contributed by atoms with Gasteiger partial charge in [0, 0.05) is 25.7 Å². The van der Waals surface area contributed by atoms with Crippen LogP contribution < -0.4 is 10.6 Å². The van der Waals surface area contributed by atoms with Gasteiger partial charge in [-0.2, -0.15) is 11.3 Å². The molecule has 5 nitrogen and oxygen atoms in total. The van der Waals surface area contributed by atoms with Gasteiger partial charge in [-0.05, 0) is 48.7 Å². The third-order valence-corrected chi connectivity index (χ3v) is 5.03. The fourth-order valence-electron chi connectivity index (χ4n) is 3.11. The average Bonchev–Trinajstić information content (AvgIpc) is 3.20. The largest absolute Gasteiger partial charge is 0.373 e. The lowest BCUT2D eigenvalue weighted by Gasteiger charge is -2.35. The Morgan fingerprint density at radius 1 is 1.48 bits per heavy atom. The summed E-state index contributed by atoms with van der Waals surface area (Å²) in [7, 11) is 0. The summed E-state index contributed by atoms with van der Waals surface area (Å²) < 4.78 is 5.99. The Morgan fingerprint density at radius 2 is 2.39 bits per heavy atom. The van der Waals surface area contributed by atoms with Gasteiger partial charge in [-0.25, -0.2) is 4.99 Å². The Morgan fingerprint density at radius 3 is 3.17 bits per heavy atom. The first-order valence-corrected chi connectivity index (χ1v) is 9.18. The molecule has 0 amide bonds. The molecule has 0 aromatic carbocycles. The smallest absolute Gasteiger partial charge is 0.191 e. The lowest BCUT2D eigenvalue weighted by molar-refractivity contribution is -0.0453. The summed E-state index contributed by atoms with van der Waals surface area (Å²) in [5.74, 6) is 0.876. The molecule has 2 atom stereocenters. The van der Waals surface area contributed by atoms with Gasteiger partial charge in [0.05, 0.1) is 19.3 Å². The second kappa shape index (κ2) is 9.80. The standard InChI is InChI=1S/C16H26N4OS.HI/c1-2-17-16(18-8-13-5-7-22-12-13)19-9-15-10-20-6-3-4-14(20)11-21-15;/h5,7,12,14-15H,2-4,6,8-11H2,1H3,(H2,17,18,19);1H. The molecule has 0 saturated carbocycles. The molecule has 1 aromatic rings. The summed E-state index contributed by atoms with van der Waals surface area (Å²) in [6.07, 6.45) is 2.88. The van der Waals surface area contributed by atoms with Gasteiger partial charge in [0.1, 0.15) is 0 Å². The molecule has 2 aliphatic heterocycles. The van der Waals surface area contributed by atoms with E-state index in [2.05, 4.69) is 44.3 Å². The lowest BCUT2D eigenvalue weighted by Crippen LogP contribution is -2.51. The van der Waals surface area contributed by atoms with E-state index in [0.29, 0.717) is 6.04 Å². The molecule has 130 valence electrons. The number of nitrogens with one attached hydrogen (secondary N) is 2. The Hall–Kier alpha value is -0.380. The molecule has 2 saturated heterocycles. The van der Waals surface area contributed by atoms with Crippen LogP contribution in [0, 0.1) is 0 Å². The van der Waals surface area contributed by atoms with Crippen LogP contribution in [0.3, 0.4) is 0 Å². The number of aliphatic imine (C=N–C) groups is 1. The van der Waals surface area contributed by atoms with Crippen molar-refractivity contribution < 1.29 is 4.74 Å². The van der Waals surface area contributed by atoms with Crippen LogP contribution >= 0.6 is 35.3 Å². The van der Waals surface area contributed by atoms with Crippen molar-refractivity contribution in [2.45, 2.75) is 38.5 Å². The number of rotatable bonds is 5. The number of hydrogen-bond donors (Lipinski definition) is 2. The highest BCUT2D eigenvalue weighted by atomic mass is 127. The quantitative estimate of drug-likeness (QED) is 0.411. The summed E-state index contributed by atoms with van der Waals surface area (Å²) in [4.78, 5) is 7.21. The number of morpholine rings is 1. The van der Waals surface area contributed by atoms with Crippen molar-refractivity contribution in [3.05, 3.63) is 22.4 Å². The van der Waals surface area contributed by atoms with Gasteiger partial charge >= 0.3 is 0 Å². The fourth-order valence-corrected chi connectivity index (χ4v) is 3.77. The second-order valence-electron chi connectivity index (χ2n) is 5.95. The predicted molar refractivity (Wildman–Crippen MR) is 107 cm³/mol. The highest BCUT2D eigenvalue weighted by Crippen LogP contribution is 2.22. The fraction of sp³-hybridized carbons (Fsp3) is 0.688. The topological polar surface area (TPSA) is 48.9 Å². The number of nitrogens with zero attached hydrogens (tertiary/aromatic N) is 2. The highest BCUT2D eigenvalue weighted by molar-refractivity contribution is 14.0. The Balaban J connectivity index is 0.00000192. The zero-order chi connectivity index (χ0) is 15.2. The SMILES string of the molecule is CCNC(=NCc1ccsc1)NCC1CN2CCCC2CO1.I. The second-order valence-corrected chi connectivity index (χ2v) is 6.73. The van der Waals surface area contributed by atoms with Crippen molar-refractivity contribution in [1.29, 1.82) is 0 Å². The number of thiophene rings is 1. The van der Waals surface area contributed by atoms with Crippen LogP contribution in [0.4, 0.5) is 0 Å². The van der Waals surface area contributed by atoms with E-state index in [9.17, 15) is 0 Å². The zero-order valence-corrected chi connectivity index (χ0v) is 16.8. The van der Waals surface area contributed by atoms with Gasteiger partial charge in [-0.3, -0.25) is 4.90 Å². The molecule has 2 unspecified atom stereocenters.